The maximum Gasteiger partial charge on any atom is 0.222 e. The van der Waals surface area contributed by atoms with Gasteiger partial charge in [0.05, 0.1) is 12.1 Å². The van der Waals surface area contributed by atoms with Crippen molar-refractivity contribution in [3.05, 3.63) is 0 Å². The maximum absolute atomic E-state index is 10.9. The fourth-order valence-corrected chi connectivity index (χ4v) is 2.18. The summed E-state index contributed by atoms with van der Waals surface area (Å²) in [6, 6.07) is 0.505. The number of carbonyl (C=O) groups excluding carboxylic acids is 1. The zero-order valence-electron chi connectivity index (χ0n) is 8.83. The van der Waals surface area contributed by atoms with Crippen molar-refractivity contribution in [3.63, 3.8) is 0 Å². The van der Waals surface area contributed by atoms with Gasteiger partial charge in [-0.05, 0) is 12.8 Å². The van der Waals surface area contributed by atoms with Gasteiger partial charge in [0, 0.05) is 13.0 Å². The third kappa shape index (κ3) is 2.84. The van der Waals surface area contributed by atoms with Gasteiger partial charge >= 0.3 is 0 Å². The van der Waals surface area contributed by atoms with E-state index in [0.29, 0.717) is 25.0 Å². The molecule has 84 valence electrons. The molecule has 0 aromatic heterocycles. The molecule has 1 heterocycles. The lowest BCUT2D eigenvalue weighted by Gasteiger charge is -2.12. The first-order valence-electron chi connectivity index (χ1n) is 5.60. The predicted molar refractivity (Wildman–Crippen MR) is 58.4 cm³/mol. The van der Waals surface area contributed by atoms with Gasteiger partial charge in [0.2, 0.25) is 5.91 Å². The summed E-state index contributed by atoms with van der Waals surface area (Å²) in [5, 5.41) is 5.84. The van der Waals surface area contributed by atoms with Crippen LogP contribution in [0.2, 0.25) is 0 Å². The molecule has 15 heavy (non-hydrogen) atoms. The summed E-state index contributed by atoms with van der Waals surface area (Å²) < 4.78 is 0. The fraction of sp³-hybridized carbons (Fsp3) is 0.800. The molecule has 2 aliphatic rings. The van der Waals surface area contributed by atoms with Crippen LogP contribution in [0.15, 0.2) is 4.99 Å². The standard InChI is InChI=1S/C10H18N4O/c11-10(13-7-3-1-2-4-7)14-8-5-9(15)12-6-8/h7-8H,1-6H2,(H,12,15)(H3,11,13,14). The topological polar surface area (TPSA) is 79.5 Å². The summed E-state index contributed by atoms with van der Waals surface area (Å²) in [5.74, 6) is 0.574. The average molecular weight is 210 g/mol. The van der Waals surface area contributed by atoms with E-state index in [9.17, 15) is 4.79 Å². The van der Waals surface area contributed by atoms with E-state index >= 15 is 0 Å². The van der Waals surface area contributed by atoms with E-state index in [1.165, 1.54) is 12.8 Å². The molecule has 1 unspecified atom stereocenters. The minimum absolute atomic E-state index is 0.0844. The maximum atomic E-state index is 10.9. The van der Waals surface area contributed by atoms with Crippen molar-refractivity contribution in [2.45, 2.75) is 44.2 Å². The second-order valence-corrected chi connectivity index (χ2v) is 4.30. The fourth-order valence-electron chi connectivity index (χ4n) is 2.18. The number of amides is 1. The Bertz CT molecular complexity index is 271. The zero-order chi connectivity index (χ0) is 10.7. The van der Waals surface area contributed by atoms with Crippen LogP contribution in [-0.4, -0.2) is 30.5 Å². The van der Waals surface area contributed by atoms with Crippen LogP contribution in [0.1, 0.15) is 32.1 Å². The Morgan fingerprint density at radius 1 is 1.47 bits per heavy atom. The third-order valence-corrected chi connectivity index (χ3v) is 2.98. The van der Waals surface area contributed by atoms with Gasteiger partial charge in [0.15, 0.2) is 5.96 Å². The Morgan fingerprint density at radius 2 is 2.20 bits per heavy atom. The summed E-state index contributed by atoms with van der Waals surface area (Å²) in [7, 11) is 0. The molecule has 1 amide bonds. The van der Waals surface area contributed by atoms with Crippen LogP contribution in [0.4, 0.5) is 0 Å². The Labute approximate surface area is 89.5 Å². The third-order valence-electron chi connectivity index (χ3n) is 2.98. The molecule has 2 fully saturated rings. The molecule has 1 aliphatic heterocycles. The first-order chi connectivity index (χ1) is 7.24. The number of nitrogens with two attached hydrogens (primary N) is 1. The molecule has 0 bridgehead atoms. The van der Waals surface area contributed by atoms with E-state index in [1.54, 1.807) is 0 Å². The molecule has 1 saturated carbocycles. The summed E-state index contributed by atoms with van der Waals surface area (Å²) >= 11 is 0. The number of carbonyl (C=O) groups is 1. The molecule has 5 nitrogen and oxygen atoms in total. The molecule has 0 aromatic carbocycles. The van der Waals surface area contributed by atoms with Crippen LogP contribution in [0.25, 0.3) is 0 Å². The Hall–Kier alpha value is -1.26. The molecule has 0 spiro atoms. The molecular weight excluding hydrogens is 192 g/mol. The highest BCUT2D eigenvalue weighted by Gasteiger charge is 2.22. The summed E-state index contributed by atoms with van der Waals surface area (Å²) in [6.07, 6.45) is 5.30. The highest BCUT2D eigenvalue weighted by atomic mass is 16.1. The monoisotopic (exact) mass is 210 g/mol. The Balaban J connectivity index is 1.80. The molecular formula is C10H18N4O. The normalized spacial score (nSPS) is 28.1. The summed E-state index contributed by atoms with van der Waals surface area (Å²) in [4.78, 5) is 15.4. The van der Waals surface area contributed by atoms with E-state index in [0.717, 1.165) is 12.8 Å². The molecule has 0 aromatic rings. The van der Waals surface area contributed by atoms with Crippen LogP contribution in [0.5, 0.6) is 0 Å². The Kier molecular flexibility index (Phi) is 3.08. The van der Waals surface area contributed by atoms with Crippen molar-refractivity contribution in [1.29, 1.82) is 0 Å². The van der Waals surface area contributed by atoms with Crippen molar-refractivity contribution in [2.24, 2.45) is 10.7 Å². The smallest absolute Gasteiger partial charge is 0.222 e. The number of rotatable bonds is 2. The van der Waals surface area contributed by atoms with Gasteiger partial charge in [-0.3, -0.25) is 9.79 Å². The van der Waals surface area contributed by atoms with Crippen LogP contribution >= 0.6 is 0 Å². The first kappa shape index (κ1) is 10.3. The van der Waals surface area contributed by atoms with Crippen LogP contribution in [0, 0.1) is 0 Å². The van der Waals surface area contributed by atoms with E-state index < -0.39 is 0 Å². The minimum atomic E-state index is 0.0844. The van der Waals surface area contributed by atoms with Crippen molar-refractivity contribution < 1.29 is 4.79 Å². The average Bonchev–Trinajstić information content (AvgIpc) is 2.77. The molecule has 5 heteroatoms. The van der Waals surface area contributed by atoms with Gasteiger partial charge < -0.3 is 16.4 Å². The number of nitrogens with one attached hydrogen (secondary N) is 2. The zero-order valence-corrected chi connectivity index (χ0v) is 8.83. The molecule has 4 N–H and O–H groups in total. The van der Waals surface area contributed by atoms with Crippen molar-refractivity contribution in [3.8, 4) is 0 Å². The number of hydrogen-bond acceptors (Lipinski definition) is 2. The van der Waals surface area contributed by atoms with Crippen LogP contribution in [0.3, 0.4) is 0 Å². The van der Waals surface area contributed by atoms with Gasteiger partial charge in [0.25, 0.3) is 0 Å². The van der Waals surface area contributed by atoms with E-state index in [1.807, 2.05) is 0 Å². The second kappa shape index (κ2) is 4.51. The van der Waals surface area contributed by atoms with Crippen LogP contribution < -0.4 is 16.4 Å². The quantitative estimate of drug-likeness (QED) is 0.433. The molecule has 1 atom stereocenters. The second-order valence-electron chi connectivity index (χ2n) is 4.30. The lowest BCUT2D eigenvalue weighted by Crippen LogP contribution is -2.41. The van der Waals surface area contributed by atoms with Crippen molar-refractivity contribution in [2.75, 3.05) is 6.54 Å². The molecule has 2 rings (SSSR count). The highest BCUT2D eigenvalue weighted by molar-refractivity contribution is 5.82. The Morgan fingerprint density at radius 3 is 2.80 bits per heavy atom. The first-order valence-corrected chi connectivity index (χ1v) is 5.60. The van der Waals surface area contributed by atoms with Gasteiger partial charge in [-0.25, -0.2) is 0 Å². The van der Waals surface area contributed by atoms with Gasteiger partial charge in [0.1, 0.15) is 0 Å². The SMILES string of the molecule is NC(=NC1CCCC1)NC1CNC(=O)C1. The lowest BCUT2D eigenvalue weighted by atomic mass is 10.2. The molecule has 0 radical (unpaired) electrons. The van der Waals surface area contributed by atoms with E-state index in [2.05, 4.69) is 15.6 Å². The van der Waals surface area contributed by atoms with E-state index in [4.69, 9.17) is 5.73 Å². The predicted octanol–water partition coefficient (Wildman–Crippen LogP) is -0.278. The van der Waals surface area contributed by atoms with Crippen molar-refractivity contribution >= 4 is 11.9 Å². The van der Waals surface area contributed by atoms with Crippen molar-refractivity contribution in [1.82, 2.24) is 10.6 Å². The van der Waals surface area contributed by atoms with Gasteiger partial charge in [-0.15, -0.1) is 0 Å². The van der Waals surface area contributed by atoms with Crippen LogP contribution in [-0.2, 0) is 4.79 Å². The number of guanidine groups is 1. The number of hydrogen-bond donors (Lipinski definition) is 3. The van der Waals surface area contributed by atoms with Gasteiger partial charge in [-0.1, -0.05) is 12.8 Å². The molecule has 1 aliphatic carbocycles. The summed E-state index contributed by atoms with van der Waals surface area (Å²) in [5.41, 5.74) is 5.78. The van der Waals surface area contributed by atoms with E-state index in [-0.39, 0.29) is 11.9 Å². The highest BCUT2D eigenvalue weighted by Crippen LogP contribution is 2.20. The van der Waals surface area contributed by atoms with Gasteiger partial charge in [-0.2, -0.15) is 0 Å². The molecule has 1 saturated heterocycles. The lowest BCUT2D eigenvalue weighted by molar-refractivity contribution is -0.119. The number of nitrogens with zero attached hydrogens (tertiary/aromatic N) is 1. The minimum Gasteiger partial charge on any atom is -0.370 e. The number of aliphatic imine (C=N–C) groups is 1. The largest absolute Gasteiger partial charge is 0.370 e. The summed E-state index contributed by atoms with van der Waals surface area (Å²) in [6.45, 7) is 0.652.